The minimum atomic E-state index is 0.320. The van der Waals surface area contributed by atoms with Crippen LogP contribution in [0.4, 0.5) is 5.69 Å². The molecule has 2 N–H and O–H groups in total. The Kier molecular flexibility index (Phi) is 5.83. The van der Waals surface area contributed by atoms with Gasteiger partial charge in [0.25, 0.3) is 0 Å². The maximum Gasteiger partial charge on any atom is 0.135 e. The number of hydrogen-bond acceptors (Lipinski definition) is 3. The molecule has 1 aromatic carbocycles. The van der Waals surface area contributed by atoms with Gasteiger partial charge in [-0.05, 0) is 30.9 Å². The van der Waals surface area contributed by atoms with E-state index >= 15 is 0 Å². The Morgan fingerprint density at radius 1 is 1.38 bits per heavy atom. The van der Waals surface area contributed by atoms with Gasteiger partial charge in [-0.1, -0.05) is 54.2 Å². The van der Waals surface area contributed by atoms with Crippen LogP contribution in [0, 0.1) is 5.92 Å². The van der Waals surface area contributed by atoms with Crippen molar-refractivity contribution in [3.05, 3.63) is 60.7 Å². The lowest BCUT2D eigenvalue weighted by Crippen LogP contribution is -2.01. The summed E-state index contributed by atoms with van der Waals surface area (Å²) in [4.78, 5) is 5.05. The molecule has 0 fully saturated rings. The molecule has 0 aliphatic heterocycles. The van der Waals surface area contributed by atoms with Crippen molar-refractivity contribution in [1.29, 1.82) is 0 Å². The molecular weight excluding hydrogens is 260 g/mol. The second kappa shape index (κ2) is 8.10. The molecule has 1 aliphatic rings. The fourth-order valence-corrected chi connectivity index (χ4v) is 2.35. The normalized spacial score (nSPS) is 22.9. The highest BCUT2D eigenvalue weighted by molar-refractivity contribution is 5.76. The number of nitrogens with zero attached hydrogens (tertiary/aromatic N) is 1. The zero-order valence-electron chi connectivity index (χ0n) is 12.2. The summed E-state index contributed by atoms with van der Waals surface area (Å²) in [5.74, 6) is 0.320. The number of nitrogen functional groups attached to an aromatic ring is 1. The summed E-state index contributed by atoms with van der Waals surface area (Å²) < 4.78 is 0. The van der Waals surface area contributed by atoms with E-state index in [2.05, 4.69) is 36.0 Å². The molecule has 0 saturated heterocycles. The third kappa shape index (κ3) is 4.63. The SMILES string of the molecule is C=CCO/N=C/C1/C=C\C/C(c2ccccc2N)=C\CC1. The standard InChI is InChI=1S/C18H22N2O/c1-2-13-21-20-14-15-7-5-9-16(10-6-8-15)17-11-3-4-12-18(17)19/h2-5,7,10-12,14-15H,1,6,8-9,13,19H2/b7-5-,16-10+,20-14+. The van der Waals surface area contributed by atoms with Gasteiger partial charge < -0.3 is 10.6 Å². The third-order valence-electron chi connectivity index (χ3n) is 3.44. The molecule has 0 bridgehead atoms. The minimum absolute atomic E-state index is 0.320. The molecule has 21 heavy (non-hydrogen) atoms. The van der Waals surface area contributed by atoms with E-state index in [-0.39, 0.29) is 0 Å². The highest BCUT2D eigenvalue weighted by Gasteiger charge is 2.08. The van der Waals surface area contributed by atoms with Crippen LogP contribution in [0.1, 0.15) is 24.8 Å². The average molecular weight is 282 g/mol. The van der Waals surface area contributed by atoms with Crippen molar-refractivity contribution in [2.45, 2.75) is 19.3 Å². The Morgan fingerprint density at radius 3 is 3.05 bits per heavy atom. The molecule has 1 aliphatic carbocycles. The largest absolute Gasteiger partial charge is 0.398 e. The molecule has 0 aromatic heterocycles. The molecule has 3 heteroatoms. The molecule has 1 atom stereocenters. The zero-order valence-corrected chi connectivity index (χ0v) is 12.2. The van der Waals surface area contributed by atoms with Crippen molar-refractivity contribution in [2.75, 3.05) is 12.3 Å². The van der Waals surface area contributed by atoms with Crippen LogP contribution in [-0.4, -0.2) is 12.8 Å². The van der Waals surface area contributed by atoms with Crippen LogP contribution in [0.3, 0.4) is 0 Å². The van der Waals surface area contributed by atoms with E-state index in [0.29, 0.717) is 12.5 Å². The Morgan fingerprint density at radius 2 is 2.24 bits per heavy atom. The first-order chi connectivity index (χ1) is 10.3. The lowest BCUT2D eigenvalue weighted by atomic mass is 9.93. The summed E-state index contributed by atoms with van der Waals surface area (Å²) in [5.41, 5.74) is 9.33. The molecule has 1 aromatic rings. The molecule has 0 saturated carbocycles. The van der Waals surface area contributed by atoms with E-state index in [0.717, 1.165) is 30.5 Å². The Labute approximate surface area is 126 Å². The molecule has 0 spiro atoms. The number of para-hydroxylation sites is 1. The summed E-state index contributed by atoms with van der Waals surface area (Å²) in [6, 6.07) is 8.03. The topological polar surface area (TPSA) is 47.6 Å². The number of oxime groups is 1. The lowest BCUT2D eigenvalue weighted by molar-refractivity contribution is 0.175. The number of benzene rings is 1. The number of rotatable bonds is 5. The van der Waals surface area contributed by atoms with Gasteiger partial charge >= 0.3 is 0 Å². The zero-order chi connectivity index (χ0) is 14.9. The van der Waals surface area contributed by atoms with Crippen molar-refractivity contribution in [2.24, 2.45) is 11.1 Å². The molecular formula is C18H22N2O. The van der Waals surface area contributed by atoms with Crippen LogP contribution in [0.15, 0.2) is 60.3 Å². The molecule has 3 nitrogen and oxygen atoms in total. The van der Waals surface area contributed by atoms with Gasteiger partial charge in [-0.3, -0.25) is 0 Å². The molecule has 0 radical (unpaired) electrons. The molecule has 1 unspecified atom stereocenters. The first kappa shape index (κ1) is 15.1. The predicted molar refractivity (Wildman–Crippen MR) is 90.0 cm³/mol. The van der Waals surface area contributed by atoms with E-state index < -0.39 is 0 Å². The van der Waals surface area contributed by atoms with Gasteiger partial charge in [-0.25, -0.2) is 0 Å². The quantitative estimate of drug-likeness (QED) is 0.289. The lowest BCUT2D eigenvalue weighted by Gasteiger charge is -2.13. The van der Waals surface area contributed by atoms with Crippen LogP contribution >= 0.6 is 0 Å². The maximum absolute atomic E-state index is 6.05. The summed E-state index contributed by atoms with van der Waals surface area (Å²) >= 11 is 0. The fourth-order valence-electron chi connectivity index (χ4n) is 2.35. The second-order valence-corrected chi connectivity index (χ2v) is 5.03. The summed E-state index contributed by atoms with van der Waals surface area (Å²) in [7, 11) is 0. The van der Waals surface area contributed by atoms with Crippen LogP contribution in [0.5, 0.6) is 0 Å². The highest BCUT2D eigenvalue weighted by atomic mass is 16.6. The van der Waals surface area contributed by atoms with Crippen molar-refractivity contribution >= 4 is 17.5 Å². The smallest absolute Gasteiger partial charge is 0.135 e. The van der Waals surface area contributed by atoms with Gasteiger partial charge in [0.2, 0.25) is 0 Å². The van der Waals surface area contributed by atoms with Crippen LogP contribution < -0.4 is 5.73 Å². The first-order valence-corrected chi connectivity index (χ1v) is 7.28. The van der Waals surface area contributed by atoms with E-state index in [1.165, 1.54) is 5.57 Å². The van der Waals surface area contributed by atoms with Gasteiger partial charge in [0.15, 0.2) is 0 Å². The maximum atomic E-state index is 6.05. The number of anilines is 1. The van der Waals surface area contributed by atoms with Crippen molar-refractivity contribution < 1.29 is 4.84 Å². The summed E-state index contributed by atoms with van der Waals surface area (Å²) in [5, 5.41) is 3.96. The van der Waals surface area contributed by atoms with Crippen molar-refractivity contribution in [3.63, 3.8) is 0 Å². The van der Waals surface area contributed by atoms with Gasteiger partial charge in [-0.15, -0.1) is 0 Å². The fraction of sp³-hybridized carbons (Fsp3) is 0.278. The van der Waals surface area contributed by atoms with Crippen LogP contribution in [-0.2, 0) is 4.84 Å². The first-order valence-electron chi connectivity index (χ1n) is 7.28. The van der Waals surface area contributed by atoms with Crippen molar-refractivity contribution in [3.8, 4) is 0 Å². The highest BCUT2D eigenvalue weighted by Crippen LogP contribution is 2.27. The van der Waals surface area contributed by atoms with Crippen LogP contribution in [0.2, 0.25) is 0 Å². The van der Waals surface area contributed by atoms with E-state index in [9.17, 15) is 0 Å². The molecule has 110 valence electrons. The Hall–Kier alpha value is -2.29. The van der Waals surface area contributed by atoms with Gasteiger partial charge in [0.1, 0.15) is 6.61 Å². The van der Waals surface area contributed by atoms with Crippen LogP contribution in [0.25, 0.3) is 5.57 Å². The number of hydrogen-bond donors (Lipinski definition) is 1. The van der Waals surface area contributed by atoms with E-state index in [4.69, 9.17) is 10.6 Å². The second-order valence-electron chi connectivity index (χ2n) is 5.03. The van der Waals surface area contributed by atoms with E-state index in [1.807, 2.05) is 24.4 Å². The predicted octanol–water partition coefficient (Wildman–Crippen LogP) is 4.20. The number of allylic oxidation sites excluding steroid dienone is 4. The van der Waals surface area contributed by atoms with Gasteiger partial charge in [-0.2, -0.15) is 0 Å². The third-order valence-corrected chi connectivity index (χ3v) is 3.44. The van der Waals surface area contributed by atoms with Gasteiger partial charge in [0.05, 0.1) is 6.21 Å². The van der Waals surface area contributed by atoms with Gasteiger partial charge in [0, 0.05) is 17.2 Å². The minimum Gasteiger partial charge on any atom is -0.398 e. The van der Waals surface area contributed by atoms with Crippen molar-refractivity contribution in [1.82, 2.24) is 0 Å². The summed E-state index contributed by atoms with van der Waals surface area (Å²) in [6.45, 7) is 4.03. The number of nitrogens with two attached hydrogens (primary N) is 1. The monoisotopic (exact) mass is 282 g/mol. The summed E-state index contributed by atoms with van der Waals surface area (Å²) in [6.07, 6.45) is 13.1. The molecule has 0 amide bonds. The molecule has 0 heterocycles. The molecule has 2 rings (SSSR count). The Bertz CT molecular complexity index is 558. The average Bonchev–Trinajstić information content (AvgIpc) is 2.46. The van der Waals surface area contributed by atoms with E-state index in [1.54, 1.807) is 6.08 Å². The Balaban J connectivity index is 1.98.